The van der Waals surface area contributed by atoms with E-state index in [1.807, 2.05) is 48.9 Å². The third-order valence-corrected chi connectivity index (χ3v) is 3.99. The molecule has 0 saturated heterocycles. The average molecular weight is 353 g/mol. The zero-order chi connectivity index (χ0) is 18.7. The Morgan fingerprint density at radius 3 is 2.62 bits per heavy atom. The quantitative estimate of drug-likeness (QED) is 0.706. The Hall–Kier alpha value is -3.42. The number of anilines is 1. The number of hydrogen-bond acceptors (Lipinski definition) is 4. The van der Waals surface area contributed by atoms with Crippen LogP contribution < -0.4 is 5.32 Å². The number of nitrogens with zero attached hydrogens (tertiary/aromatic N) is 4. The van der Waals surface area contributed by atoms with Gasteiger partial charge in [0.15, 0.2) is 0 Å². The van der Waals surface area contributed by atoms with Crippen molar-refractivity contribution in [1.29, 1.82) is 0 Å². The van der Waals surface area contributed by atoms with E-state index in [1.54, 1.807) is 0 Å². The number of benzene rings is 1. The zero-order valence-corrected chi connectivity index (χ0v) is 14.5. The predicted molar refractivity (Wildman–Crippen MR) is 95.1 cm³/mol. The fourth-order valence-corrected chi connectivity index (χ4v) is 2.68. The van der Waals surface area contributed by atoms with Gasteiger partial charge in [0.05, 0.1) is 35.4 Å². The molecule has 2 heterocycles. The van der Waals surface area contributed by atoms with E-state index in [-0.39, 0.29) is 12.5 Å². The van der Waals surface area contributed by atoms with Crippen LogP contribution in [0.25, 0.3) is 0 Å². The van der Waals surface area contributed by atoms with Gasteiger partial charge < -0.3 is 10.4 Å². The number of amides is 1. The van der Waals surface area contributed by atoms with Crippen LogP contribution in [-0.2, 0) is 17.9 Å². The van der Waals surface area contributed by atoms with E-state index < -0.39 is 5.97 Å². The fraction of sp³-hybridized carbons (Fsp3) is 0.222. The van der Waals surface area contributed by atoms with Gasteiger partial charge in [-0.2, -0.15) is 10.2 Å². The van der Waals surface area contributed by atoms with Crippen LogP contribution in [0.4, 0.5) is 5.69 Å². The van der Waals surface area contributed by atoms with E-state index in [4.69, 9.17) is 5.11 Å². The lowest BCUT2D eigenvalue weighted by molar-refractivity contribution is -0.137. The maximum absolute atomic E-state index is 12.4. The molecule has 0 bridgehead atoms. The van der Waals surface area contributed by atoms with Crippen LogP contribution >= 0.6 is 0 Å². The second-order valence-corrected chi connectivity index (χ2v) is 5.96. The lowest BCUT2D eigenvalue weighted by Crippen LogP contribution is -2.13. The summed E-state index contributed by atoms with van der Waals surface area (Å²) < 4.78 is 3.05. The lowest BCUT2D eigenvalue weighted by atomic mass is 10.2. The summed E-state index contributed by atoms with van der Waals surface area (Å²) >= 11 is 0. The number of carboxylic acid groups (broad SMARTS) is 1. The average Bonchev–Trinajstić information content (AvgIpc) is 3.16. The Morgan fingerprint density at radius 1 is 1.19 bits per heavy atom. The maximum Gasteiger partial charge on any atom is 0.325 e. The van der Waals surface area contributed by atoms with Crippen molar-refractivity contribution in [2.75, 3.05) is 5.32 Å². The molecule has 8 nitrogen and oxygen atoms in total. The first kappa shape index (κ1) is 17.4. The maximum atomic E-state index is 12.4. The number of rotatable bonds is 6. The molecule has 8 heteroatoms. The predicted octanol–water partition coefficient (Wildman–Crippen LogP) is 2.08. The van der Waals surface area contributed by atoms with E-state index in [9.17, 15) is 9.59 Å². The van der Waals surface area contributed by atoms with Crippen molar-refractivity contribution in [2.45, 2.75) is 26.9 Å². The summed E-state index contributed by atoms with van der Waals surface area (Å²) in [6.45, 7) is 4.05. The van der Waals surface area contributed by atoms with Gasteiger partial charge in [-0.15, -0.1) is 0 Å². The minimum absolute atomic E-state index is 0.291. The fourth-order valence-electron chi connectivity index (χ4n) is 2.68. The second-order valence-electron chi connectivity index (χ2n) is 5.96. The molecule has 0 aliphatic rings. The van der Waals surface area contributed by atoms with Crippen molar-refractivity contribution in [3.63, 3.8) is 0 Å². The van der Waals surface area contributed by atoms with Gasteiger partial charge >= 0.3 is 5.97 Å². The van der Waals surface area contributed by atoms with E-state index in [1.165, 1.54) is 17.1 Å². The van der Waals surface area contributed by atoms with Crippen LogP contribution in [0.1, 0.15) is 27.3 Å². The lowest BCUT2D eigenvalue weighted by Gasteiger charge is -2.06. The summed E-state index contributed by atoms with van der Waals surface area (Å²) in [6, 6.07) is 9.94. The second kappa shape index (κ2) is 7.22. The molecule has 0 aliphatic carbocycles. The molecule has 2 N–H and O–H groups in total. The highest BCUT2D eigenvalue weighted by molar-refractivity contribution is 6.04. The molecule has 0 atom stereocenters. The number of carboxylic acids is 1. The molecule has 1 amide bonds. The van der Waals surface area contributed by atoms with Crippen LogP contribution in [0.2, 0.25) is 0 Å². The Balaban J connectivity index is 1.76. The molecular weight excluding hydrogens is 334 g/mol. The van der Waals surface area contributed by atoms with E-state index in [0.29, 0.717) is 23.5 Å². The van der Waals surface area contributed by atoms with Gasteiger partial charge in [-0.1, -0.05) is 30.3 Å². The SMILES string of the molecule is Cc1nn(Cc2ccccc2)c(C)c1NC(=O)c1cnn(CC(=O)O)c1. The van der Waals surface area contributed by atoms with Gasteiger partial charge in [0, 0.05) is 6.20 Å². The van der Waals surface area contributed by atoms with Gasteiger partial charge in [0.2, 0.25) is 0 Å². The Bertz CT molecular complexity index is 943. The number of aliphatic carboxylic acids is 1. The largest absolute Gasteiger partial charge is 0.480 e. The Labute approximate surface area is 150 Å². The summed E-state index contributed by atoms with van der Waals surface area (Å²) in [4.78, 5) is 23.1. The van der Waals surface area contributed by atoms with Gasteiger partial charge in [-0.05, 0) is 19.4 Å². The number of nitrogens with one attached hydrogen (secondary N) is 1. The van der Waals surface area contributed by atoms with Crippen molar-refractivity contribution in [3.8, 4) is 0 Å². The summed E-state index contributed by atoms with van der Waals surface area (Å²) in [5.74, 6) is -1.37. The van der Waals surface area contributed by atoms with Crippen molar-refractivity contribution >= 4 is 17.6 Å². The number of aromatic nitrogens is 4. The topological polar surface area (TPSA) is 102 Å². The summed E-state index contributed by atoms with van der Waals surface area (Å²) in [5, 5.41) is 20.0. The molecule has 0 fully saturated rings. The zero-order valence-electron chi connectivity index (χ0n) is 14.5. The van der Waals surface area contributed by atoms with E-state index in [0.717, 1.165) is 11.3 Å². The minimum atomic E-state index is -1.02. The van der Waals surface area contributed by atoms with E-state index >= 15 is 0 Å². The molecule has 1 aromatic carbocycles. The number of carbonyl (C=O) groups is 2. The highest BCUT2D eigenvalue weighted by atomic mass is 16.4. The first-order valence-electron chi connectivity index (χ1n) is 8.07. The third-order valence-electron chi connectivity index (χ3n) is 3.99. The molecule has 3 rings (SSSR count). The normalized spacial score (nSPS) is 10.7. The van der Waals surface area contributed by atoms with E-state index in [2.05, 4.69) is 15.5 Å². The minimum Gasteiger partial charge on any atom is -0.480 e. The van der Waals surface area contributed by atoms with Gasteiger partial charge in [0.25, 0.3) is 5.91 Å². The van der Waals surface area contributed by atoms with Crippen molar-refractivity contribution in [1.82, 2.24) is 19.6 Å². The van der Waals surface area contributed by atoms with Gasteiger partial charge in [-0.3, -0.25) is 19.0 Å². The highest BCUT2D eigenvalue weighted by Gasteiger charge is 2.17. The van der Waals surface area contributed by atoms with Gasteiger partial charge in [-0.25, -0.2) is 0 Å². The highest BCUT2D eigenvalue weighted by Crippen LogP contribution is 2.21. The molecule has 0 unspecified atom stereocenters. The van der Waals surface area contributed by atoms with Crippen molar-refractivity contribution < 1.29 is 14.7 Å². The molecule has 0 saturated carbocycles. The summed E-state index contributed by atoms with van der Waals surface area (Å²) in [5.41, 5.74) is 3.62. The molecule has 0 aliphatic heterocycles. The summed E-state index contributed by atoms with van der Waals surface area (Å²) in [7, 11) is 0. The Kier molecular flexibility index (Phi) is 4.83. The third kappa shape index (κ3) is 3.80. The first-order chi connectivity index (χ1) is 12.4. The number of hydrogen-bond donors (Lipinski definition) is 2. The van der Waals surface area contributed by atoms with Crippen LogP contribution in [0.5, 0.6) is 0 Å². The van der Waals surface area contributed by atoms with Crippen LogP contribution in [-0.4, -0.2) is 36.5 Å². The molecule has 0 radical (unpaired) electrons. The van der Waals surface area contributed by atoms with Crippen molar-refractivity contribution in [2.24, 2.45) is 0 Å². The molecular formula is C18H19N5O3. The molecule has 2 aromatic heterocycles. The Morgan fingerprint density at radius 2 is 1.92 bits per heavy atom. The van der Waals surface area contributed by atoms with Crippen LogP contribution in [0.3, 0.4) is 0 Å². The summed E-state index contributed by atoms with van der Waals surface area (Å²) in [6.07, 6.45) is 2.75. The molecule has 134 valence electrons. The number of aryl methyl sites for hydroxylation is 1. The smallest absolute Gasteiger partial charge is 0.325 e. The van der Waals surface area contributed by atoms with Crippen LogP contribution in [0, 0.1) is 13.8 Å². The molecule has 26 heavy (non-hydrogen) atoms. The first-order valence-corrected chi connectivity index (χ1v) is 8.07. The monoisotopic (exact) mass is 353 g/mol. The standard InChI is InChI=1S/C18H19N5O3/c1-12-17(13(2)23(21-12)9-14-6-4-3-5-7-14)20-18(26)15-8-19-22(10-15)11-16(24)25/h3-8,10H,9,11H2,1-2H3,(H,20,26)(H,24,25). The van der Waals surface area contributed by atoms with Crippen LogP contribution in [0.15, 0.2) is 42.7 Å². The molecule has 0 spiro atoms. The van der Waals surface area contributed by atoms with Gasteiger partial charge in [0.1, 0.15) is 6.54 Å². The van der Waals surface area contributed by atoms with Crippen molar-refractivity contribution in [3.05, 3.63) is 65.2 Å². The number of carbonyl (C=O) groups excluding carboxylic acids is 1. The molecule has 3 aromatic rings.